The Morgan fingerprint density at radius 2 is 1.95 bits per heavy atom. The first-order chi connectivity index (χ1) is 9.24. The summed E-state index contributed by atoms with van der Waals surface area (Å²) in [6.45, 7) is 2.41. The highest BCUT2D eigenvalue weighted by atomic mass is 15.3. The van der Waals surface area contributed by atoms with E-state index >= 15 is 0 Å². The number of likely N-dealkylation sites (tertiary alicyclic amines) is 1. The highest BCUT2D eigenvalue weighted by Gasteiger charge is 2.23. The number of nitrogens with zero attached hydrogens (tertiary/aromatic N) is 2. The maximum atomic E-state index is 3.58. The Morgan fingerprint density at radius 3 is 2.74 bits per heavy atom. The largest absolute Gasteiger partial charge is 0.358 e. The smallest absolute Gasteiger partial charge is 0.102 e. The van der Waals surface area contributed by atoms with Gasteiger partial charge in [0, 0.05) is 18.8 Å². The minimum absolute atomic E-state index is 0.667. The van der Waals surface area contributed by atoms with E-state index in [9.17, 15) is 0 Å². The van der Waals surface area contributed by atoms with Gasteiger partial charge in [0.25, 0.3) is 0 Å². The summed E-state index contributed by atoms with van der Waals surface area (Å²) < 4.78 is 0. The summed E-state index contributed by atoms with van der Waals surface area (Å²) in [6.07, 6.45) is 5.87. The monoisotopic (exact) mass is 257 g/mol. The number of anilines is 1. The molecular formula is C16H23N3. The Bertz CT molecular complexity index is 473. The number of hydrogen-bond acceptors (Lipinski definition) is 3. The molecule has 3 heteroatoms. The van der Waals surface area contributed by atoms with Gasteiger partial charge in [-0.25, -0.2) is 0 Å². The van der Waals surface area contributed by atoms with Crippen LogP contribution in [-0.4, -0.2) is 43.0 Å². The van der Waals surface area contributed by atoms with Crippen LogP contribution in [0.3, 0.4) is 0 Å². The van der Waals surface area contributed by atoms with Gasteiger partial charge < -0.3 is 15.1 Å². The van der Waals surface area contributed by atoms with E-state index in [1.54, 1.807) is 0 Å². The van der Waals surface area contributed by atoms with Gasteiger partial charge in [0.05, 0.1) is 0 Å². The van der Waals surface area contributed by atoms with E-state index in [1.165, 1.54) is 43.0 Å². The van der Waals surface area contributed by atoms with Gasteiger partial charge in [0.1, 0.15) is 5.82 Å². The van der Waals surface area contributed by atoms with Crippen LogP contribution in [0.25, 0.3) is 0 Å². The summed E-state index contributed by atoms with van der Waals surface area (Å²) in [5, 5.41) is 3.58. The van der Waals surface area contributed by atoms with E-state index in [1.807, 2.05) is 0 Å². The summed E-state index contributed by atoms with van der Waals surface area (Å²) in [7, 11) is 4.44. The van der Waals surface area contributed by atoms with E-state index in [4.69, 9.17) is 0 Å². The molecule has 0 saturated carbocycles. The van der Waals surface area contributed by atoms with Crippen LogP contribution in [0.1, 0.15) is 18.4 Å². The first-order valence-electron chi connectivity index (χ1n) is 7.20. The average Bonchev–Trinajstić information content (AvgIpc) is 2.47. The fourth-order valence-electron chi connectivity index (χ4n) is 3.03. The Kier molecular flexibility index (Phi) is 3.47. The van der Waals surface area contributed by atoms with E-state index in [0.717, 1.165) is 6.42 Å². The molecule has 1 saturated heterocycles. The lowest BCUT2D eigenvalue weighted by molar-refractivity contribution is 0.171. The molecule has 0 aliphatic carbocycles. The third-order valence-electron chi connectivity index (χ3n) is 4.41. The van der Waals surface area contributed by atoms with E-state index in [-0.39, 0.29) is 0 Å². The van der Waals surface area contributed by atoms with Crippen LogP contribution in [0.15, 0.2) is 36.2 Å². The molecule has 0 amide bonds. The standard InChI is InChI=1S/C16H23N3/c1-18-11-9-14(10-12-18)19(2)16-8-7-13-5-3-4-6-15(13)17-16/h3-6,8,14,17H,7,9-12H2,1-2H3. The van der Waals surface area contributed by atoms with Gasteiger partial charge in [-0.15, -0.1) is 0 Å². The number of fused-ring (bicyclic) bond motifs is 1. The molecule has 0 unspecified atom stereocenters. The molecule has 1 aromatic rings. The summed E-state index contributed by atoms with van der Waals surface area (Å²) in [5.74, 6) is 1.27. The fourth-order valence-corrected chi connectivity index (χ4v) is 3.03. The molecule has 3 nitrogen and oxygen atoms in total. The molecule has 2 aliphatic rings. The number of nitrogens with one attached hydrogen (secondary N) is 1. The Hall–Kier alpha value is -1.48. The molecule has 2 heterocycles. The number of rotatable bonds is 2. The Morgan fingerprint density at radius 1 is 1.21 bits per heavy atom. The van der Waals surface area contributed by atoms with Gasteiger partial charge in [0.15, 0.2) is 0 Å². The number of hydrogen-bond donors (Lipinski definition) is 1. The second-order valence-electron chi connectivity index (χ2n) is 5.72. The lowest BCUT2D eigenvalue weighted by atomic mass is 10.0. The minimum Gasteiger partial charge on any atom is -0.358 e. The zero-order valence-corrected chi connectivity index (χ0v) is 11.9. The van der Waals surface area contributed by atoms with Crippen molar-refractivity contribution in [2.45, 2.75) is 25.3 Å². The molecule has 3 rings (SSSR count). The van der Waals surface area contributed by atoms with Crippen molar-refractivity contribution >= 4 is 5.69 Å². The first-order valence-corrected chi connectivity index (χ1v) is 7.20. The zero-order chi connectivity index (χ0) is 13.2. The summed E-state index contributed by atoms with van der Waals surface area (Å²) in [6, 6.07) is 9.25. The van der Waals surface area contributed by atoms with Gasteiger partial charge in [-0.05, 0) is 57.1 Å². The van der Waals surface area contributed by atoms with Crippen LogP contribution in [-0.2, 0) is 6.42 Å². The Labute approximate surface area is 115 Å². The number of para-hydroxylation sites is 1. The highest BCUT2D eigenvalue weighted by Crippen LogP contribution is 2.26. The van der Waals surface area contributed by atoms with Crippen molar-refractivity contribution in [1.82, 2.24) is 9.80 Å². The molecule has 0 radical (unpaired) electrons. The van der Waals surface area contributed by atoms with Gasteiger partial charge in [0.2, 0.25) is 0 Å². The van der Waals surface area contributed by atoms with Crippen LogP contribution < -0.4 is 5.32 Å². The van der Waals surface area contributed by atoms with Crippen molar-refractivity contribution < 1.29 is 0 Å². The van der Waals surface area contributed by atoms with Crippen molar-refractivity contribution in [2.24, 2.45) is 0 Å². The average molecular weight is 257 g/mol. The molecule has 1 fully saturated rings. The van der Waals surface area contributed by atoms with Crippen LogP contribution in [0.4, 0.5) is 5.69 Å². The topological polar surface area (TPSA) is 18.5 Å². The van der Waals surface area contributed by atoms with Gasteiger partial charge >= 0.3 is 0 Å². The van der Waals surface area contributed by atoms with Crippen molar-refractivity contribution in [1.29, 1.82) is 0 Å². The van der Waals surface area contributed by atoms with Gasteiger partial charge in [-0.1, -0.05) is 18.2 Å². The quantitative estimate of drug-likeness (QED) is 0.878. The fraction of sp³-hybridized carbons (Fsp3) is 0.500. The molecule has 0 aromatic heterocycles. The molecule has 0 spiro atoms. The summed E-state index contributed by atoms with van der Waals surface area (Å²) in [5.41, 5.74) is 2.66. The second-order valence-corrected chi connectivity index (χ2v) is 5.72. The van der Waals surface area contributed by atoms with Crippen LogP contribution >= 0.6 is 0 Å². The molecule has 1 aromatic carbocycles. The minimum atomic E-state index is 0.667. The normalized spacial score (nSPS) is 20.4. The lowest BCUT2D eigenvalue weighted by Gasteiger charge is -2.38. The molecule has 0 bridgehead atoms. The summed E-state index contributed by atoms with van der Waals surface area (Å²) in [4.78, 5) is 4.85. The summed E-state index contributed by atoms with van der Waals surface area (Å²) >= 11 is 0. The third kappa shape index (κ3) is 2.61. The van der Waals surface area contributed by atoms with Gasteiger partial charge in [-0.2, -0.15) is 0 Å². The Balaban J connectivity index is 1.69. The molecule has 2 aliphatic heterocycles. The lowest BCUT2D eigenvalue weighted by Crippen LogP contribution is -2.43. The number of piperidine rings is 1. The first kappa shape index (κ1) is 12.5. The molecular weight excluding hydrogens is 234 g/mol. The molecule has 0 atom stereocenters. The molecule has 102 valence electrons. The SMILES string of the molecule is CN1CCC(N(C)C2=CCc3ccccc3N2)CC1. The second kappa shape index (κ2) is 5.25. The van der Waals surface area contributed by atoms with E-state index < -0.39 is 0 Å². The molecule has 19 heavy (non-hydrogen) atoms. The zero-order valence-electron chi connectivity index (χ0n) is 11.9. The maximum absolute atomic E-state index is 3.58. The van der Waals surface area contributed by atoms with Crippen LogP contribution in [0.5, 0.6) is 0 Å². The van der Waals surface area contributed by atoms with E-state index in [0.29, 0.717) is 6.04 Å². The highest BCUT2D eigenvalue weighted by molar-refractivity contribution is 5.58. The number of allylic oxidation sites excluding steroid dienone is 1. The van der Waals surface area contributed by atoms with Crippen molar-refractivity contribution in [2.75, 3.05) is 32.5 Å². The molecule has 1 N–H and O–H groups in total. The predicted octanol–water partition coefficient (Wildman–Crippen LogP) is 2.52. The number of benzene rings is 1. The maximum Gasteiger partial charge on any atom is 0.102 e. The van der Waals surface area contributed by atoms with Crippen molar-refractivity contribution in [3.05, 3.63) is 41.7 Å². The van der Waals surface area contributed by atoms with Crippen molar-refractivity contribution in [3.8, 4) is 0 Å². The van der Waals surface area contributed by atoms with Crippen molar-refractivity contribution in [3.63, 3.8) is 0 Å². The third-order valence-corrected chi connectivity index (χ3v) is 4.41. The van der Waals surface area contributed by atoms with Gasteiger partial charge in [-0.3, -0.25) is 0 Å². The van der Waals surface area contributed by atoms with Crippen LogP contribution in [0, 0.1) is 0 Å². The van der Waals surface area contributed by atoms with E-state index in [2.05, 4.69) is 59.6 Å². The predicted molar refractivity (Wildman–Crippen MR) is 80.1 cm³/mol. The van der Waals surface area contributed by atoms with Crippen LogP contribution in [0.2, 0.25) is 0 Å².